The first-order valence-electron chi connectivity index (χ1n) is 7.62. The summed E-state index contributed by atoms with van der Waals surface area (Å²) in [6.45, 7) is 3.03. The van der Waals surface area contributed by atoms with Crippen molar-refractivity contribution in [2.75, 3.05) is 6.54 Å². The first-order chi connectivity index (χ1) is 11.1. The Labute approximate surface area is 140 Å². The Morgan fingerprint density at radius 1 is 1.38 bits per heavy atom. The molecule has 0 atom stereocenters. The summed E-state index contributed by atoms with van der Waals surface area (Å²) in [6, 6.07) is 4.91. The second kappa shape index (κ2) is 5.78. The van der Waals surface area contributed by atoms with Crippen molar-refractivity contribution in [3.05, 3.63) is 53.0 Å². The van der Waals surface area contributed by atoms with Gasteiger partial charge in [-0.25, -0.2) is 9.37 Å². The molecule has 0 aliphatic carbocycles. The fourth-order valence-electron chi connectivity index (χ4n) is 3.43. The van der Waals surface area contributed by atoms with Gasteiger partial charge in [0, 0.05) is 36.8 Å². The maximum atomic E-state index is 14.2. The molecule has 0 bridgehead atoms. The largest absolute Gasteiger partial charge is 0.348 e. The van der Waals surface area contributed by atoms with Gasteiger partial charge in [-0.15, -0.1) is 0 Å². The van der Waals surface area contributed by atoms with Gasteiger partial charge >= 0.3 is 0 Å². The minimum atomic E-state index is -0.290. The van der Waals surface area contributed by atoms with Crippen molar-refractivity contribution in [3.8, 4) is 0 Å². The van der Waals surface area contributed by atoms with Gasteiger partial charge in [-0.05, 0) is 13.0 Å². The van der Waals surface area contributed by atoms with E-state index in [4.69, 9.17) is 0 Å². The number of amides is 1. The number of aromatic amines is 1. The van der Waals surface area contributed by atoms with Gasteiger partial charge in [0.25, 0.3) is 5.91 Å². The molecule has 4 rings (SSSR count). The average molecular weight is 328 g/mol. The number of imidazole rings is 1. The number of nitrogens with zero attached hydrogens (tertiary/aromatic N) is 3. The molecule has 0 unspecified atom stereocenters. The lowest BCUT2D eigenvalue weighted by Crippen LogP contribution is -2.37. The highest BCUT2D eigenvalue weighted by Crippen LogP contribution is 2.32. The van der Waals surface area contributed by atoms with Gasteiger partial charge in [0.15, 0.2) is 0 Å². The molecule has 3 aromatic rings. The van der Waals surface area contributed by atoms with Gasteiger partial charge in [0.05, 0.1) is 29.6 Å². The zero-order valence-electron chi connectivity index (χ0n) is 13.1. The fourth-order valence-corrected chi connectivity index (χ4v) is 3.43. The summed E-state index contributed by atoms with van der Waals surface area (Å²) in [5, 5.41) is 0.691. The summed E-state index contributed by atoms with van der Waals surface area (Å²) >= 11 is 0. The molecule has 3 heterocycles. The molecule has 0 fully saturated rings. The highest BCUT2D eigenvalue weighted by Gasteiger charge is 2.31. The summed E-state index contributed by atoms with van der Waals surface area (Å²) < 4.78 is 16.0. The van der Waals surface area contributed by atoms with Gasteiger partial charge in [0.1, 0.15) is 5.82 Å². The smallest absolute Gasteiger partial charge is 0.256 e. The van der Waals surface area contributed by atoms with Gasteiger partial charge in [-0.1, -0.05) is 19.6 Å². The van der Waals surface area contributed by atoms with Crippen LogP contribution in [-0.2, 0) is 20.0 Å². The number of aromatic nitrogens is 3. The zero-order valence-corrected chi connectivity index (χ0v) is 13.1. The van der Waals surface area contributed by atoms with Crippen LogP contribution in [0.2, 0.25) is 0 Å². The van der Waals surface area contributed by atoms with E-state index >= 15 is 0 Å². The molecular formula is C18H21FN4O. The molecule has 126 valence electrons. The number of carbonyl (C=O) groups excluding carboxylic acids is 1. The zero-order chi connectivity index (χ0) is 16.1. The summed E-state index contributed by atoms with van der Waals surface area (Å²) in [7, 11) is 1.82. The van der Waals surface area contributed by atoms with Gasteiger partial charge < -0.3 is 14.5 Å². The van der Waals surface area contributed by atoms with E-state index in [2.05, 4.69) is 9.97 Å². The van der Waals surface area contributed by atoms with Gasteiger partial charge in [-0.2, -0.15) is 0 Å². The molecule has 0 spiro atoms. The van der Waals surface area contributed by atoms with Crippen molar-refractivity contribution < 1.29 is 9.18 Å². The number of hydrogen-bond acceptors (Lipinski definition) is 2. The summed E-state index contributed by atoms with van der Waals surface area (Å²) in [5.41, 5.74) is 3.87. The molecule has 0 radical (unpaired) electrons. The lowest BCUT2D eigenvalue weighted by molar-refractivity contribution is 0.0725. The highest BCUT2D eigenvalue weighted by molar-refractivity contribution is 6.09. The highest BCUT2D eigenvalue weighted by atomic mass is 19.1. The quantitative estimate of drug-likeness (QED) is 0.785. The first-order valence-corrected chi connectivity index (χ1v) is 7.62. The van der Waals surface area contributed by atoms with E-state index in [0.29, 0.717) is 29.6 Å². The van der Waals surface area contributed by atoms with E-state index in [1.807, 2.05) is 24.6 Å². The molecule has 1 aromatic carbocycles. The maximum Gasteiger partial charge on any atom is 0.256 e. The lowest BCUT2D eigenvalue weighted by atomic mass is 10.0. The van der Waals surface area contributed by atoms with Crippen LogP contribution in [0.15, 0.2) is 24.5 Å². The SMILES string of the molecule is C.Cc1[nH]cnc1CN1CCc2c(c3cccc(F)c3n2C)C1=O. The van der Waals surface area contributed by atoms with Crippen molar-refractivity contribution in [1.82, 2.24) is 19.4 Å². The molecule has 0 saturated heterocycles. The summed E-state index contributed by atoms with van der Waals surface area (Å²) in [5.74, 6) is -0.341. The number of carbonyl (C=O) groups is 1. The molecule has 0 saturated carbocycles. The van der Waals surface area contributed by atoms with Crippen molar-refractivity contribution in [1.29, 1.82) is 0 Å². The Balaban J connectivity index is 0.00000169. The van der Waals surface area contributed by atoms with Crippen LogP contribution in [0.3, 0.4) is 0 Å². The Morgan fingerprint density at radius 3 is 2.88 bits per heavy atom. The number of fused-ring (bicyclic) bond motifs is 3. The van der Waals surface area contributed by atoms with Gasteiger partial charge in [0.2, 0.25) is 0 Å². The number of benzene rings is 1. The van der Waals surface area contributed by atoms with Crippen LogP contribution in [0.1, 0.15) is 34.9 Å². The van der Waals surface area contributed by atoms with Crippen LogP contribution in [0.4, 0.5) is 4.39 Å². The van der Waals surface area contributed by atoms with E-state index in [9.17, 15) is 9.18 Å². The number of para-hydroxylation sites is 1. The third-order valence-electron chi connectivity index (χ3n) is 4.68. The molecule has 6 heteroatoms. The maximum absolute atomic E-state index is 14.2. The van der Waals surface area contributed by atoms with E-state index < -0.39 is 0 Å². The number of halogens is 1. The van der Waals surface area contributed by atoms with Crippen LogP contribution in [0.25, 0.3) is 10.9 Å². The number of nitrogens with one attached hydrogen (secondary N) is 1. The number of aryl methyl sites for hydroxylation is 2. The minimum absolute atomic E-state index is 0. The Hall–Kier alpha value is -2.63. The Bertz CT molecular complexity index is 925. The van der Waals surface area contributed by atoms with Crippen molar-refractivity contribution in [3.63, 3.8) is 0 Å². The normalized spacial score (nSPS) is 14.0. The van der Waals surface area contributed by atoms with Crippen molar-refractivity contribution in [2.24, 2.45) is 7.05 Å². The molecular weight excluding hydrogens is 307 g/mol. The Morgan fingerprint density at radius 2 is 2.17 bits per heavy atom. The third kappa shape index (κ3) is 2.21. The Kier molecular flexibility index (Phi) is 3.91. The molecule has 1 N–H and O–H groups in total. The lowest BCUT2D eigenvalue weighted by Gasteiger charge is -2.27. The van der Waals surface area contributed by atoms with Gasteiger partial charge in [-0.3, -0.25) is 4.79 Å². The van der Waals surface area contributed by atoms with Crippen molar-refractivity contribution in [2.45, 2.75) is 27.3 Å². The monoisotopic (exact) mass is 328 g/mol. The molecule has 1 aliphatic rings. The van der Waals surface area contributed by atoms with E-state index in [0.717, 1.165) is 23.5 Å². The number of H-pyrrole nitrogens is 1. The van der Waals surface area contributed by atoms with Crippen LogP contribution in [0.5, 0.6) is 0 Å². The van der Waals surface area contributed by atoms with E-state index in [-0.39, 0.29) is 19.2 Å². The number of rotatable bonds is 2. The second-order valence-corrected chi connectivity index (χ2v) is 5.97. The molecule has 1 aliphatic heterocycles. The summed E-state index contributed by atoms with van der Waals surface area (Å²) in [6.07, 6.45) is 2.35. The molecule has 5 nitrogen and oxygen atoms in total. The molecule has 24 heavy (non-hydrogen) atoms. The van der Waals surface area contributed by atoms with Crippen LogP contribution >= 0.6 is 0 Å². The topological polar surface area (TPSA) is 53.9 Å². The third-order valence-corrected chi connectivity index (χ3v) is 4.68. The first kappa shape index (κ1) is 16.2. The minimum Gasteiger partial charge on any atom is -0.348 e. The van der Waals surface area contributed by atoms with E-state index in [1.165, 1.54) is 6.07 Å². The summed E-state index contributed by atoms with van der Waals surface area (Å²) in [4.78, 5) is 22.0. The van der Waals surface area contributed by atoms with Crippen LogP contribution in [-0.4, -0.2) is 31.9 Å². The molecule has 2 aromatic heterocycles. The second-order valence-electron chi connectivity index (χ2n) is 5.97. The predicted molar refractivity (Wildman–Crippen MR) is 91.4 cm³/mol. The van der Waals surface area contributed by atoms with Crippen molar-refractivity contribution >= 4 is 16.8 Å². The molecule has 1 amide bonds. The number of hydrogen-bond donors (Lipinski definition) is 1. The standard InChI is InChI=1S/C17H17FN4O.CH4/c1-10-13(20-9-19-10)8-22-7-6-14-15(17(22)23)11-4-3-5-12(18)16(11)21(14)2;/h3-5,9H,6-8H2,1-2H3,(H,19,20);1H4. The van der Waals surface area contributed by atoms with Crippen LogP contribution in [0, 0.1) is 12.7 Å². The van der Waals surface area contributed by atoms with E-state index in [1.54, 1.807) is 17.3 Å². The average Bonchev–Trinajstić information content (AvgIpc) is 3.06. The predicted octanol–water partition coefficient (Wildman–Crippen LogP) is 3.18. The van der Waals surface area contributed by atoms with Crippen LogP contribution < -0.4 is 0 Å². The fraction of sp³-hybridized carbons (Fsp3) is 0.333.